The van der Waals surface area contributed by atoms with Crippen molar-refractivity contribution in [2.24, 2.45) is 5.92 Å². The van der Waals surface area contributed by atoms with Gasteiger partial charge >= 0.3 is 12.0 Å². The zero-order valence-electron chi connectivity index (χ0n) is 13.1. The van der Waals surface area contributed by atoms with Crippen molar-refractivity contribution < 1.29 is 14.7 Å². The fraction of sp³-hybridized carbons (Fsp3) is 0.867. The van der Waals surface area contributed by atoms with Crippen LogP contribution in [0.2, 0.25) is 0 Å². The summed E-state index contributed by atoms with van der Waals surface area (Å²) in [4.78, 5) is 27.0. The van der Waals surface area contributed by atoms with Gasteiger partial charge in [-0.25, -0.2) is 4.79 Å². The molecule has 5 heteroatoms. The summed E-state index contributed by atoms with van der Waals surface area (Å²) in [5.74, 6) is -0.144. The van der Waals surface area contributed by atoms with Crippen LogP contribution in [0.25, 0.3) is 0 Å². The van der Waals surface area contributed by atoms with Gasteiger partial charge in [-0.3, -0.25) is 4.79 Å². The molecule has 5 nitrogen and oxygen atoms in total. The monoisotopic (exact) mass is 284 g/mol. The van der Waals surface area contributed by atoms with Crippen LogP contribution in [0.15, 0.2) is 0 Å². The summed E-state index contributed by atoms with van der Waals surface area (Å²) in [7, 11) is 0. The third-order valence-electron chi connectivity index (χ3n) is 3.68. The number of amides is 2. The highest BCUT2D eigenvalue weighted by atomic mass is 16.4. The third kappa shape index (κ3) is 5.39. The number of carbonyl (C=O) groups is 2. The molecule has 116 valence electrons. The largest absolute Gasteiger partial charge is 0.481 e. The fourth-order valence-corrected chi connectivity index (χ4v) is 2.23. The number of hydrogen-bond donors (Lipinski definition) is 1. The van der Waals surface area contributed by atoms with Gasteiger partial charge in [0.15, 0.2) is 0 Å². The molecule has 1 saturated carbocycles. The molecular weight excluding hydrogens is 256 g/mol. The van der Waals surface area contributed by atoms with Gasteiger partial charge in [0.25, 0.3) is 0 Å². The number of aliphatic carboxylic acids is 1. The predicted octanol–water partition coefficient (Wildman–Crippen LogP) is 2.80. The van der Waals surface area contributed by atoms with Crippen LogP contribution in [0.1, 0.15) is 53.4 Å². The molecule has 1 rings (SSSR count). The molecule has 0 saturated heterocycles. The van der Waals surface area contributed by atoms with Crippen LogP contribution in [0.4, 0.5) is 4.79 Å². The Morgan fingerprint density at radius 2 is 1.65 bits per heavy atom. The average Bonchev–Trinajstić information content (AvgIpc) is 3.13. The Labute approximate surface area is 121 Å². The van der Waals surface area contributed by atoms with Gasteiger partial charge in [0.1, 0.15) is 0 Å². The summed E-state index contributed by atoms with van der Waals surface area (Å²) in [5.41, 5.74) is 0. The highest BCUT2D eigenvalue weighted by molar-refractivity contribution is 5.75. The van der Waals surface area contributed by atoms with E-state index < -0.39 is 5.97 Å². The van der Waals surface area contributed by atoms with Crippen LogP contribution in [0, 0.1) is 5.92 Å². The van der Waals surface area contributed by atoms with Crippen molar-refractivity contribution in [3.63, 3.8) is 0 Å². The van der Waals surface area contributed by atoms with E-state index in [0.717, 1.165) is 6.54 Å². The van der Waals surface area contributed by atoms with Gasteiger partial charge in [-0.05, 0) is 52.9 Å². The number of nitrogens with zero attached hydrogens (tertiary/aromatic N) is 2. The molecule has 1 fully saturated rings. The van der Waals surface area contributed by atoms with Crippen molar-refractivity contribution in [2.75, 3.05) is 13.1 Å². The zero-order valence-corrected chi connectivity index (χ0v) is 13.1. The van der Waals surface area contributed by atoms with E-state index in [1.807, 2.05) is 32.6 Å². The minimum absolute atomic E-state index is 0.0484. The molecule has 2 amide bonds. The van der Waals surface area contributed by atoms with E-state index in [2.05, 4.69) is 0 Å². The summed E-state index contributed by atoms with van der Waals surface area (Å²) in [6, 6.07) is 0.327. The zero-order chi connectivity index (χ0) is 15.3. The van der Waals surface area contributed by atoms with Crippen LogP contribution >= 0.6 is 0 Å². The Morgan fingerprint density at radius 3 is 2.05 bits per heavy atom. The van der Waals surface area contributed by atoms with Crippen LogP contribution in [-0.4, -0.2) is 52.1 Å². The second-order valence-corrected chi connectivity index (χ2v) is 6.26. The van der Waals surface area contributed by atoms with Gasteiger partial charge in [-0.1, -0.05) is 0 Å². The summed E-state index contributed by atoms with van der Waals surface area (Å²) in [5, 5.41) is 8.71. The quantitative estimate of drug-likeness (QED) is 0.745. The number of carbonyl (C=O) groups excluding carboxylic acids is 1. The van der Waals surface area contributed by atoms with Gasteiger partial charge in [0, 0.05) is 31.6 Å². The molecule has 20 heavy (non-hydrogen) atoms. The van der Waals surface area contributed by atoms with E-state index in [-0.39, 0.29) is 24.5 Å². The second-order valence-electron chi connectivity index (χ2n) is 6.26. The molecule has 0 aromatic carbocycles. The first-order chi connectivity index (χ1) is 9.32. The van der Waals surface area contributed by atoms with Crippen molar-refractivity contribution in [1.29, 1.82) is 0 Å². The molecule has 1 aliphatic rings. The Balaban J connectivity index is 2.61. The van der Waals surface area contributed by atoms with Gasteiger partial charge in [0.05, 0.1) is 0 Å². The topological polar surface area (TPSA) is 60.9 Å². The number of hydrogen-bond acceptors (Lipinski definition) is 2. The molecule has 0 aliphatic heterocycles. The van der Waals surface area contributed by atoms with Crippen LogP contribution in [-0.2, 0) is 4.79 Å². The van der Waals surface area contributed by atoms with Crippen molar-refractivity contribution in [3.05, 3.63) is 0 Å². The lowest BCUT2D eigenvalue weighted by Gasteiger charge is -2.35. The van der Waals surface area contributed by atoms with E-state index in [9.17, 15) is 9.59 Å². The normalized spacial score (nSPS) is 14.7. The first-order valence-corrected chi connectivity index (χ1v) is 7.62. The molecule has 0 aromatic rings. The minimum Gasteiger partial charge on any atom is -0.481 e. The first kappa shape index (κ1) is 16.8. The Bertz CT molecular complexity index is 338. The molecular formula is C15H28N2O3. The number of carboxylic acids is 1. The SMILES string of the molecule is CC(C)N(CCCC(=O)O)C(=O)N(CC1CC1)C(C)C. The van der Waals surface area contributed by atoms with Gasteiger partial charge < -0.3 is 14.9 Å². The molecule has 0 bridgehead atoms. The van der Waals surface area contributed by atoms with Crippen LogP contribution < -0.4 is 0 Å². The maximum Gasteiger partial charge on any atom is 0.320 e. The minimum atomic E-state index is -0.806. The van der Waals surface area contributed by atoms with Crippen molar-refractivity contribution in [2.45, 2.75) is 65.5 Å². The molecule has 0 aromatic heterocycles. The lowest BCUT2D eigenvalue weighted by atomic mass is 10.2. The smallest absolute Gasteiger partial charge is 0.320 e. The Hall–Kier alpha value is -1.26. The van der Waals surface area contributed by atoms with E-state index >= 15 is 0 Å². The number of urea groups is 1. The van der Waals surface area contributed by atoms with E-state index in [0.29, 0.717) is 18.9 Å². The predicted molar refractivity (Wildman–Crippen MR) is 78.7 cm³/mol. The molecule has 1 N–H and O–H groups in total. The summed E-state index contributed by atoms with van der Waals surface area (Å²) in [6.45, 7) is 9.38. The maximum atomic E-state index is 12.7. The number of carboxylic acid groups (broad SMARTS) is 1. The van der Waals surface area contributed by atoms with Gasteiger partial charge in [-0.15, -0.1) is 0 Å². The maximum absolute atomic E-state index is 12.7. The van der Waals surface area contributed by atoms with Crippen LogP contribution in [0.5, 0.6) is 0 Å². The lowest BCUT2D eigenvalue weighted by molar-refractivity contribution is -0.137. The molecule has 0 atom stereocenters. The standard InChI is InChI=1S/C15H28N2O3/c1-11(2)16(9-5-6-14(18)19)15(20)17(12(3)4)10-13-7-8-13/h11-13H,5-10H2,1-4H3,(H,18,19). The van der Waals surface area contributed by atoms with Crippen molar-refractivity contribution in [1.82, 2.24) is 9.80 Å². The molecule has 0 heterocycles. The second kappa shape index (κ2) is 7.50. The average molecular weight is 284 g/mol. The first-order valence-electron chi connectivity index (χ1n) is 7.62. The lowest BCUT2D eigenvalue weighted by Crippen LogP contribution is -2.50. The molecule has 0 unspecified atom stereocenters. The Morgan fingerprint density at radius 1 is 1.10 bits per heavy atom. The van der Waals surface area contributed by atoms with Gasteiger partial charge in [0.2, 0.25) is 0 Å². The number of rotatable bonds is 8. The molecule has 1 aliphatic carbocycles. The fourth-order valence-electron chi connectivity index (χ4n) is 2.23. The highest BCUT2D eigenvalue weighted by Crippen LogP contribution is 2.30. The third-order valence-corrected chi connectivity index (χ3v) is 3.68. The highest BCUT2D eigenvalue weighted by Gasteiger charge is 2.31. The van der Waals surface area contributed by atoms with Crippen molar-refractivity contribution >= 4 is 12.0 Å². The van der Waals surface area contributed by atoms with Gasteiger partial charge in [-0.2, -0.15) is 0 Å². The molecule has 0 radical (unpaired) electrons. The summed E-state index contributed by atoms with van der Waals surface area (Å²) < 4.78 is 0. The summed E-state index contributed by atoms with van der Waals surface area (Å²) >= 11 is 0. The van der Waals surface area contributed by atoms with E-state index in [4.69, 9.17) is 5.11 Å². The molecule has 0 spiro atoms. The van der Waals surface area contributed by atoms with E-state index in [1.165, 1.54) is 12.8 Å². The van der Waals surface area contributed by atoms with Crippen LogP contribution in [0.3, 0.4) is 0 Å². The Kier molecular flexibility index (Phi) is 6.30. The van der Waals surface area contributed by atoms with Crippen molar-refractivity contribution in [3.8, 4) is 0 Å². The van der Waals surface area contributed by atoms with E-state index in [1.54, 1.807) is 4.90 Å². The summed E-state index contributed by atoms with van der Waals surface area (Å²) in [6.07, 6.45) is 3.06.